The van der Waals surface area contributed by atoms with Gasteiger partial charge in [-0.15, -0.1) is 10.2 Å². The van der Waals surface area contributed by atoms with E-state index < -0.39 is 17.0 Å². The predicted octanol–water partition coefficient (Wildman–Crippen LogP) is 2.54. The van der Waals surface area contributed by atoms with Crippen LogP contribution in [0.15, 0.2) is 23.5 Å². The van der Waals surface area contributed by atoms with E-state index in [1.54, 1.807) is 6.92 Å². The van der Waals surface area contributed by atoms with Crippen molar-refractivity contribution in [2.75, 3.05) is 0 Å². The summed E-state index contributed by atoms with van der Waals surface area (Å²) in [6.45, 7) is 1.77. The summed E-state index contributed by atoms with van der Waals surface area (Å²) in [5, 5.41) is 7.42. The van der Waals surface area contributed by atoms with Crippen LogP contribution in [0.5, 0.6) is 0 Å². The van der Waals surface area contributed by atoms with Crippen molar-refractivity contribution in [3.05, 3.63) is 23.9 Å². The molecule has 0 saturated carbocycles. The van der Waals surface area contributed by atoms with Gasteiger partial charge in [0.05, 0.1) is 5.56 Å². The third-order valence-corrected chi connectivity index (χ3v) is 4.23. The van der Waals surface area contributed by atoms with Gasteiger partial charge in [0.1, 0.15) is 11.4 Å². The van der Waals surface area contributed by atoms with Crippen LogP contribution in [0.1, 0.15) is 18.9 Å². The van der Waals surface area contributed by atoms with E-state index in [-0.39, 0.29) is 17.2 Å². The number of halogens is 3. The zero-order valence-corrected chi connectivity index (χ0v) is 11.6. The number of nitrogens with zero attached hydrogens (tertiary/aromatic N) is 3. The Morgan fingerprint density at radius 3 is 2.76 bits per heavy atom. The van der Waals surface area contributed by atoms with Crippen LogP contribution in [0, 0.1) is 0 Å². The number of hydrogen-bond donors (Lipinski definition) is 0. The molecule has 1 aliphatic rings. The Bertz CT molecular complexity index is 701. The van der Waals surface area contributed by atoms with Crippen LogP contribution < -0.4 is 0 Å². The van der Waals surface area contributed by atoms with E-state index in [4.69, 9.17) is 4.74 Å². The highest BCUT2D eigenvalue weighted by Gasteiger charge is 2.35. The standard InChI is InChI=1S/C12H10F3N3O2S/c1-6-4-8(10(19)20-6)21-11-17-16-9-3-2-7(5-18(9)11)12(13,14)15/h2-3,5-6,8H,4H2,1H3/t6-,8-/m1/s1. The van der Waals surface area contributed by atoms with Gasteiger partial charge in [-0.3, -0.25) is 9.20 Å². The summed E-state index contributed by atoms with van der Waals surface area (Å²) in [5.74, 6) is -0.378. The largest absolute Gasteiger partial charge is 0.462 e. The number of carbonyl (C=O) groups is 1. The molecule has 1 fully saturated rings. The molecule has 0 bridgehead atoms. The molecule has 2 aromatic heterocycles. The third-order valence-electron chi connectivity index (χ3n) is 3.07. The van der Waals surface area contributed by atoms with E-state index in [0.717, 1.165) is 24.0 Å². The summed E-state index contributed by atoms with van der Waals surface area (Å²) in [6.07, 6.45) is -3.21. The van der Waals surface area contributed by atoms with Crippen molar-refractivity contribution >= 4 is 23.4 Å². The van der Waals surface area contributed by atoms with E-state index in [0.29, 0.717) is 12.1 Å². The van der Waals surface area contributed by atoms with Gasteiger partial charge in [0.15, 0.2) is 10.8 Å². The van der Waals surface area contributed by atoms with E-state index in [1.165, 1.54) is 10.5 Å². The Hall–Kier alpha value is -1.77. The lowest BCUT2D eigenvalue weighted by Gasteiger charge is -2.08. The SMILES string of the molecule is C[C@@H]1C[C@@H](Sc2nnc3ccc(C(F)(F)F)cn23)C(=O)O1. The summed E-state index contributed by atoms with van der Waals surface area (Å²) in [4.78, 5) is 11.6. The van der Waals surface area contributed by atoms with Crippen LogP contribution >= 0.6 is 11.8 Å². The molecule has 3 rings (SSSR count). The maximum absolute atomic E-state index is 12.7. The fourth-order valence-corrected chi connectivity index (χ4v) is 3.18. The fraction of sp³-hybridized carbons (Fsp3) is 0.417. The number of esters is 1. The summed E-state index contributed by atoms with van der Waals surface area (Å²) in [7, 11) is 0. The third kappa shape index (κ3) is 2.69. The summed E-state index contributed by atoms with van der Waals surface area (Å²) in [6, 6.07) is 2.19. The zero-order valence-electron chi connectivity index (χ0n) is 10.8. The second kappa shape index (κ2) is 4.90. The molecule has 0 aromatic carbocycles. The van der Waals surface area contributed by atoms with E-state index in [2.05, 4.69) is 10.2 Å². The van der Waals surface area contributed by atoms with Crippen molar-refractivity contribution in [3.63, 3.8) is 0 Å². The molecular formula is C12H10F3N3O2S. The number of fused-ring (bicyclic) bond motifs is 1. The summed E-state index contributed by atoms with van der Waals surface area (Å²) < 4.78 is 44.5. The molecule has 0 spiro atoms. The Morgan fingerprint density at radius 2 is 2.14 bits per heavy atom. The number of alkyl halides is 3. The Kier molecular flexibility index (Phi) is 3.31. The monoisotopic (exact) mass is 317 g/mol. The first-order valence-electron chi connectivity index (χ1n) is 6.14. The minimum Gasteiger partial charge on any atom is -0.462 e. The van der Waals surface area contributed by atoms with Gasteiger partial charge in [-0.25, -0.2) is 0 Å². The highest BCUT2D eigenvalue weighted by molar-refractivity contribution is 8.00. The van der Waals surface area contributed by atoms with Crippen LogP contribution in [0.2, 0.25) is 0 Å². The number of aromatic nitrogens is 3. The average molecular weight is 317 g/mol. The number of rotatable bonds is 2. The normalized spacial score (nSPS) is 22.8. The molecule has 3 heterocycles. The summed E-state index contributed by atoms with van der Waals surface area (Å²) in [5.41, 5.74) is -0.496. The van der Waals surface area contributed by atoms with Crippen molar-refractivity contribution < 1.29 is 22.7 Å². The molecule has 2 aromatic rings. The molecule has 9 heteroatoms. The molecule has 0 unspecified atom stereocenters. The molecule has 5 nitrogen and oxygen atoms in total. The maximum Gasteiger partial charge on any atom is 0.417 e. The Morgan fingerprint density at radius 1 is 1.38 bits per heavy atom. The molecule has 1 aliphatic heterocycles. The molecule has 0 radical (unpaired) electrons. The second-order valence-electron chi connectivity index (χ2n) is 4.72. The number of carbonyl (C=O) groups excluding carboxylic acids is 1. The van der Waals surface area contributed by atoms with Gasteiger partial charge in [-0.1, -0.05) is 11.8 Å². The highest BCUT2D eigenvalue weighted by atomic mass is 32.2. The molecule has 1 saturated heterocycles. The number of ether oxygens (including phenoxy) is 1. The topological polar surface area (TPSA) is 56.5 Å². The van der Waals surface area contributed by atoms with Crippen LogP contribution in [0.3, 0.4) is 0 Å². The van der Waals surface area contributed by atoms with Crippen molar-refractivity contribution in [2.24, 2.45) is 0 Å². The number of thioether (sulfide) groups is 1. The Labute approximate surface area is 121 Å². The van der Waals surface area contributed by atoms with E-state index in [1.807, 2.05) is 0 Å². The first-order chi connectivity index (χ1) is 9.84. The van der Waals surface area contributed by atoms with Gasteiger partial charge in [0, 0.05) is 12.6 Å². The van der Waals surface area contributed by atoms with Crippen molar-refractivity contribution in [3.8, 4) is 0 Å². The first-order valence-corrected chi connectivity index (χ1v) is 7.01. The summed E-state index contributed by atoms with van der Waals surface area (Å²) >= 11 is 1.07. The van der Waals surface area contributed by atoms with Crippen LogP contribution in [-0.2, 0) is 15.7 Å². The lowest BCUT2D eigenvalue weighted by atomic mass is 10.3. The molecule has 2 atom stereocenters. The van der Waals surface area contributed by atoms with Crippen molar-refractivity contribution in [1.82, 2.24) is 14.6 Å². The van der Waals surface area contributed by atoms with Crippen molar-refractivity contribution in [2.45, 2.75) is 36.0 Å². The van der Waals surface area contributed by atoms with Crippen LogP contribution in [-0.4, -0.2) is 31.9 Å². The second-order valence-corrected chi connectivity index (χ2v) is 5.89. The predicted molar refractivity (Wildman–Crippen MR) is 67.8 cm³/mol. The number of hydrogen-bond acceptors (Lipinski definition) is 5. The molecular weight excluding hydrogens is 307 g/mol. The van der Waals surface area contributed by atoms with Gasteiger partial charge < -0.3 is 4.74 Å². The lowest BCUT2D eigenvalue weighted by Crippen LogP contribution is -2.11. The van der Waals surface area contributed by atoms with Gasteiger partial charge in [0.2, 0.25) is 0 Å². The lowest BCUT2D eigenvalue weighted by molar-refractivity contribution is -0.140. The molecule has 112 valence electrons. The van der Waals surface area contributed by atoms with Crippen LogP contribution in [0.25, 0.3) is 5.65 Å². The van der Waals surface area contributed by atoms with Crippen molar-refractivity contribution in [1.29, 1.82) is 0 Å². The van der Waals surface area contributed by atoms with Crippen LogP contribution in [0.4, 0.5) is 13.2 Å². The molecule has 21 heavy (non-hydrogen) atoms. The molecule has 0 aliphatic carbocycles. The van der Waals surface area contributed by atoms with E-state index in [9.17, 15) is 18.0 Å². The average Bonchev–Trinajstić information content (AvgIpc) is 2.93. The van der Waals surface area contributed by atoms with Gasteiger partial charge in [-0.05, 0) is 19.1 Å². The molecule has 0 N–H and O–H groups in total. The van der Waals surface area contributed by atoms with Gasteiger partial charge in [-0.2, -0.15) is 13.2 Å². The quantitative estimate of drug-likeness (QED) is 0.797. The van der Waals surface area contributed by atoms with E-state index >= 15 is 0 Å². The minimum atomic E-state index is -4.44. The van der Waals surface area contributed by atoms with Gasteiger partial charge in [0.25, 0.3) is 0 Å². The highest BCUT2D eigenvalue weighted by Crippen LogP contribution is 2.33. The molecule has 0 amide bonds. The fourth-order valence-electron chi connectivity index (χ4n) is 2.06. The first kappa shape index (κ1) is 14.2. The minimum absolute atomic E-state index is 0.195. The smallest absolute Gasteiger partial charge is 0.417 e. The van der Waals surface area contributed by atoms with Gasteiger partial charge >= 0.3 is 12.1 Å². The number of pyridine rings is 1. The maximum atomic E-state index is 12.7. The zero-order chi connectivity index (χ0) is 15.2. The Balaban J connectivity index is 1.94. The number of cyclic esters (lactones) is 1.